The zero-order valence-corrected chi connectivity index (χ0v) is 10.6. The minimum Gasteiger partial charge on any atom is -0.276 e. The Morgan fingerprint density at radius 1 is 1.35 bits per heavy atom. The number of nitrogens with one attached hydrogen (secondary N) is 1. The van der Waals surface area contributed by atoms with Crippen molar-refractivity contribution in [1.82, 2.24) is 5.48 Å². The third-order valence-corrected chi connectivity index (χ3v) is 2.42. The fourth-order valence-corrected chi connectivity index (χ4v) is 1.49. The molecule has 0 saturated carbocycles. The van der Waals surface area contributed by atoms with E-state index < -0.39 is 11.7 Å². The molecule has 1 aromatic carbocycles. The largest absolute Gasteiger partial charge is 0.416 e. The molecule has 0 bridgehead atoms. The van der Waals surface area contributed by atoms with Gasteiger partial charge in [-0.25, -0.2) is 0 Å². The Morgan fingerprint density at radius 3 is 2.35 bits per heavy atom. The predicted octanol–water partition coefficient (Wildman–Crippen LogP) is 3.94. The summed E-state index contributed by atoms with van der Waals surface area (Å²) < 4.78 is 37.0. The van der Waals surface area contributed by atoms with Gasteiger partial charge in [-0.3, -0.25) is 10.3 Å². The molecule has 0 aliphatic heterocycles. The molecule has 1 N–H and O–H groups in total. The Labute approximate surface area is 106 Å². The van der Waals surface area contributed by atoms with Gasteiger partial charge in [0.05, 0.1) is 17.9 Å². The van der Waals surface area contributed by atoms with Crippen molar-refractivity contribution in [2.75, 3.05) is 6.61 Å². The van der Waals surface area contributed by atoms with Gasteiger partial charge in [-0.05, 0) is 19.1 Å². The molecule has 6 heteroatoms. The smallest absolute Gasteiger partial charge is 0.276 e. The average molecular weight is 310 g/mol. The van der Waals surface area contributed by atoms with Crippen LogP contribution in [-0.2, 0) is 11.0 Å². The van der Waals surface area contributed by atoms with Crippen LogP contribution in [0.4, 0.5) is 13.2 Å². The van der Waals surface area contributed by atoms with E-state index in [0.717, 1.165) is 12.1 Å². The van der Waals surface area contributed by atoms with E-state index in [1.165, 1.54) is 12.1 Å². The number of rotatable bonds is 4. The van der Waals surface area contributed by atoms with E-state index in [9.17, 15) is 13.2 Å². The van der Waals surface area contributed by atoms with Crippen LogP contribution in [-0.4, -0.2) is 6.61 Å². The zero-order chi connectivity index (χ0) is 12.9. The molecule has 0 unspecified atom stereocenters. The molecule has 0 saturated heterocycles. The number of hydrogen-bond acceptors (Lipinski definition) is 2. The topological polar surface area (TPSA) is 21.3 Å². The van der Waals surface area contributed by atoms with Crippen LogP contribution in [0.25, 0.3) is 5.70 Å². The lowest BCUT2D eigenvalue weighted by Crippen LogP contribution is -2.12. The van der Waals surface area contributed by atoms with E-state index in [4.69, 9.17) is 4.84 Å². The van der Waals surface area contributed by atoms with Crippen molar-refractivity contribution in [1.29, 1.82) is 0 Å². The van der Waals surface area contributed by atoms with Gasteiger partial charge in [0.2, 0.25) is 0 Å². The van der Waals surface area contributed by atoms with Gasteiger partial charge in [-0.15, -0.1) is 0 Å². The summed E-state index contributed by atoms with van der Waals surface area (Å²) in [4.78, 5) is 6.51. The molecule has 17 heavy (non-hydrogen) atoms. The molecule has 0 aromatic heterocycles. The van der Waals surface area contributed by atoms with Crippen molar-refractivity contribution in [3.8, 4) is 0 Å². The maximum Gasteiger partial charge on any atom is 0.416 e. The quantitative estimate of drug-likeness (QED) is 0.851. The summed E-state index contributed by atoms with van der Waals surface area (Å²) in [5, 5.41) is 0. The first-order valence-corrected chi connectivity index (χ1v) is 5.76. The van der Waals surface area contributed by atoms with E-state index in [-0.39, 0.29) is 0 Å². The molecule has 0 aliphatic rings. The predicted molar refractivity (Wildman–Crippen MR) is 63.1 cm³/mol. The summed E-state index contributed by atoms with van der Waals surface area (Å²) in [6.45, 7) is 2.25. The summed E-state index contributed by atoms with van der Waals surface area (Å²) in [5.41, 5.74) is 3.11. The second kappa shape index (κ2) is 6.07. The number of hydroxylamine groups is 1. The van der Waals surface area contributed by atoms with Crippen LogP contribution in [0, 0.1) is 0 Å². The van der Waals surface area contributed by atoms with Crippen LogP contribution in [0.15, 0.2) is 29.3 Å². The molecule has 0 amide bonds. The van der Waals surface area contributed by atoms with E-state index in [2.05, 4.69) is 21.4 Å². The first kappa shape index (κ1) is 14.1. The minimum atomic E-state index is -4.32. The number of halogens is 4. The molecule has 0 aliphatic carbocycles. The Hall–Kier alpha value is -1.01. The van der Waals surface area contributed by atoms with Crippen LogP contribution in [0.1, 0.15) is 18.1 Å². The molecular weight excluding hydrogens is 299 g/mol. The SMILES string of the molecule is CCONC(=CBr)c1ccc(C(F)(F)F)cc1. The van der Waals surface area contributed by atoms with Gasteiger partial charge >= 0.3 is 6.18 Å². The van der Waals surface area contributed by atoms with Crippen LogP contribution in [0.5, 0.6) is 0 Å². The highest BCUT2D eigenvalue weighted by molar-refractivity contribution is 9.11. The monoisotopic (exact) mass is 309 g/mol. The second-order valence-electron chi connectivity index (χ2n) is 3.13. The summed E-state index contributed by atoms with van der Waals surface area (Å²) in [6.07, 6.45) is -4.32. The van der Waals surface area contributed by atoms with Crippen LogP contribution in [0.2, 0.25) is 0 Å². The first-order chi connectivity index (χ1) is 7.99. The van der Waals surface area contributed by atoms with E-state index >= 15 is 0 Å². The van der Waals surface area contributed by atoms with Crippen molar-refractivity contribution >= 4 is 21.6 Å². The molecule has 1 rings (SSSR count). The molecule has 0 fully saturated rings. The molecule has 0 radical (unpaired) electrons. The van der Waals surface area contributed by atoms with E-state index in [1.54, 1.807) is 11.9 Å². The maximum atomic E-state index is 12.3. The Balaban J connectivity index is 2.86. The maximum absolute atomic E-state index is 12.3. The van der Waals surface area contributed by atoms with Gasteiger partial charge in [0.25, 0.3) is 0 Å². The van der Waals surface area contributed by atoms with E-state index in [0.29, 0.717) is 17.9 Å². The Kier molecular flexibility index (Phi) is 5.02. The number of hydrogen-bond donors (Lipinski definition) is 1. The molecule has 1 aromatic rings. The van der Waals surface area contributed by atoms with Crippen LogP contribution < -0.4 is 5.48 Å². The Bertz CT molecular complexity index is 387. The van der Waals surface area contributed by atoms with Gasteiger partial charge in [0.15, 0.2) is 0 Å². The molecule has 94 valence electrons. The van der Waals surface area contributed by atoms with Crippen molar-refractivity contribution in [3.05, 3.63) is 40.4 Å². The fraction of sp³-hybridized carbons (Fsp3) is 0.273. The Morgan fingerprint density at radius 2 is 1.94 bits per heavy atom. The van der Waals surface area contributed by atoms with Gasteiger partial charge in [-0.1, -0.05) is 28.1 Å². The molecule has 2 nitrogen and oxygen atoms in total. The van der Waals surface area contributed by atoms with Gasteiger partial charge < -0.3 is 0 Å². The first-order valence-electron chi connectivity index (χ1n) is 4.85. The molecule has 0 heterocycles. The lowest BCUT2D eigenvalue weighted by Gasteiger charge is -2.11. The summed E-state index contributed by atoms with van der Waals surface area (Å²) in [7, 11) is 0. The fourth-order valence-electron chi connectivity index (χ4n) is 1.13. The van der Waals surface area contributed by atoms with Crippen molar-refractivity contribution in [3.63, 3.8) is 0 Å². The van der Waals surface area contributed by atoms with Crippen molar-refractivity contribution < 1.29 is 18.0 Å². The van der Waals surface area contributed by atoms with Crippen LogP contribution in [0.3, 0.4) is 0 Å². The van der Waals surface area contributed by atoms with Gasteiger partial charge in [-0.2, -0.15) is 13.2 Å². The number of alkyl halides is 3. The average Bonchev–Trinajstić information content (AvgIpc) is 2.29. The highest BCUT2D eigenvalue weighted by atomic mass is 79.9. The standard InChI is InChI=1S/C11H11BrF3NO/c1-2-17-16-10(7-12)8-3-5-9(6-4-8)11(13,14)15/h3-7,16H,2H2,1H3. The lowest BCUT2D eigenvalue weighted by molar-refractivity contribution is -0.137. The van der Waals surface area contributed by atoms with Crippen molar-refractivity contribution in [2.45, 2.75) is 13.1 Å². The summed E-state index contributed by atoms with van der Waals surface area (Å²) in [5.74, 6) is 0. The highest BCUT2D eigenvalue weighted by Gasteiger charge is 2.29. The highest BCUT2D eigenvalue weighted by Crippen LogP contribution is 2.29. The second-order valence-corrected chi connectivity index (χ2v) is 3.59. The minimum absolute atomic E-state index is 0.449. The molecular formula is C11H11BrF3NO. The molecule has 0 spiro atoms. The van der Waals surface area contributed by atoms with Gasteiger partial charge in [0, 0.05) is 10.5 Å². The summed E-state index contributed by atoms with van der Waals surface area (Å²) >= 11 is 3.11. The third kappa shape index (κ3) is 4.05. The lowest BCUT2D eigenvalue weighted by atomic mass is 10.1. The van der Waals surface area contributed by atoms with Crippen LogP contribution >= 0.6 is 15.9 Å². The van der Waals surface area contributed by atoms with E-state index in [1.807, 2.05) is 0 Å². The summed E-state index contributed by atoms with van der Waals surface area (Å²) in [6, 6.07) is 4.81. The molecule has 0 atom stereocenters. The van der Waals surface area contributed by atoms with Gasteiger partial charge in [0.1, 0.15) is 0 Å². The zero-order valence-electron chi connectivity index (χ0n) is 9.01. The third-order valence-electron chi connectivity index (χ3n) is 1.96. The normalized spacial score (nSPS) is 12.6. The van der Waals surface area contributed by atoms with Crippen molar-refractivity contribution in [2.24, 2.45) is 0 Å². The number of benzene rings is 1.